The van der Waals surface area contributed by atoms with Crippen LogP contribution in [0, 0.1) is 11.7 Å². The van der Waals surface area contributed by atoms with Gasteiger partial charge >= 0.3 is 11.9 Å². The van der Waals surface area contributed by atoms with Gasteiger partial charge in [0.15, 0.2) is 11.0 Å². The van der Waals surface area contributed by atoms with E-state index in [4.69, 9.17) is 9.47 Å². The predicted octanol–water partition coefficient (Wildman–Crippen LogP) is 2.89. The number of carbonyl (C=O) groups is 3. The van der Waals surface area contributed by atoms with Crippen LogP contribution in [-0.2, 0) is 23.9 Å². The van der Waals surface area contributed by atoms with Gasteiger partial charge in [-0.25, -0.2) is 4.39 Å². The van der Waals surface area contributed by atoms with Crippen molar-refractivity contribution in [2.24, 2.45) is 5.92 Å². The summed E-state index contributed by atoms with van der Waals surface area (Å²) < 4.78 is 23.9. The largest absolute Gasteiger partial charge is 0.465 e. The Bertz CT molecular complexity index is 557. The molecule has 7 heteroatoms. The standard InChI is InChI=1S/C16H19FO5S/c1-4-21-15(19)13(16(20)22-5-2)14(23-10(3)18)11-8-6-7-9-12(11)17/h6-9,13-14H,4-5H2,1-3H3/t14-/m0/s1. The van der Waals surface area contributed by atoms with Crippen molar-refractivity contribution in [2.45, 2.75) is 26.0 Å². The molecular formula is C16H19FO5S. The molecule has 0 aliphatic rings. The van der Waals surface area contributed by atoms with Gasteiger partial charge in [-0.1, -0.05) is 30.0 Å². The van der Waals surface area contributed by atoms with Gasteiger partial charge in [0.1, 0.15) is 5.82 Å². The van der Waals surface area contributed by atoms with Crippen LogP contribution in [0.2, 0.25) is 0 Å². The summed E-state index contributed by atoms with van der Waals surface area (Å²) in [5.41, 5.74) is 0.0822. The second-order valence-electron chi connectivity index (χ2n) is 4.53. The molecule has 5 nitrogen and oxygen atoms in total. The van der Waals surface area contributed by atoms with Gasteiger partial charge < -0.3 is 9.47 Å². The quantitative estimate of drug-likeness (QED) is 0.560. The lowest BCUT2D eigenvalue weighted by Gasteiger charge is -2.23. The third-order valence-electron chi connectivity index (χ3n) is 2.89. The SMILES string of the molecule is CCOC(=O)C(C(=O)OCC)[C@@H](SC(C)=O)c1ccccc1F. The van der Waals surface area contributed by atoms with Crippen LogP contribution in [0.15, 0.2) is 24.3 Å². The molecule has 23 heavy (non-hydrogen) atoms. The molecule has 126 valence electrons. The molecule has 1 atom stereocenters. The fourth-order valence-electron chi connectivity index (χ4n) is 2.00. The van der Waals surface area contributed by atoms with Crippen LogP contribution in [0.5, 0.6) is 0 Å². The van der Waals surface area contributed by atoms with E-state index in [1.54, 1.807) is 19.9 Å². The summed E-state index contributed by atoms with van der Waals surface area (Å²) in [6.45, 7) is 4.59. The maximum Gasteiger partial charge on any atom is 0.321 e. The molecule has 1 rings (SSSR count). The van der Waals surface area contributed by atoms with E-state index in [1.165, 1.54) is 25.1 Å². The molecule has 0 fully saturated rings. The first-order valence-electron chi connectivity index (χ1n) is 7.17. The lowest BCUT2D eigenvalue weighted by Crippen LogP contribution is -2.33. The number of ether oxygens (including phenoxy) is 2. The van der Waals surface area contributed by atoms with Crippen LogP contribution < -0.4 is 0 Å². The number of hydrogen-bond donors (Lipinski definition) is 0. The number of carbonyl (C=O) groups excluding carboxylic acids is 3. The van der Waals surface area contributed by atoms with E-state index in [0.717, 1.165) is 0 Å². The van der Waals surface area contributed by atoms with Crippen molar-refractivity contribution in [3.05, 3.63) is 35.6 Å². The van der Waals surface area contributed by atoms with Crippen LogP contribution >= 0.6 is 11.8 Å². The highest BCUT2D eigenvalue weighted by Gasteiger charge is 2.40. The van der Waals surface area contributed by atoms with E-state index < -0.39 is 28.9 Å². The smallest absolute Gasteiger partial charge is 0.321 e. The summed E-state index contributed by atoms with van der Waals surface area (Å²) in [6, 6.07) is 5.69. The molecule has 0 heterocycles. The van der Waals surface area contributed by atoms with Crippen molar-refractivity contribution in [3.8, 4) is 0 Å². The average molecular weight is 342 g/mol. The van der Waals surface area contributed by atoms with Gasteiger partial charge in [-0.3, -0.25) is 14.4 Å². The molecule has 1 aromatic carbocycles. The van der Waals surface area contributed by atoms with E-state index >= 15 is 0 Å². The molecule has 0 spiro atoms. The average Bonchev–Trinajstić information content (AvgIpc) is 2.47. The Hall–Kier alpha value is -1.89. The van der Waals surface area contributed by atoms with Crippen LogP contribution in [0.1, 0.15) is 31.6 Å². The van der Waals surface area contributed by atoms with Gasteiger partial charge in [-0.2, -0.15) is 0 Å². The van der Waals surface area contributed by atoms with Crippen molar-refractivity contribution < 1.29 is 28.2 Å². The first-order chi connectivity index (χ1) is 10.9. The number of thioether (sulfide) groups is 1. The fraction of sp³-hybridized carbons (Fsp3) is 0.438. The third-order valence-corrected chi connectivity index (χ3v) is 4.00. The minimum absolute atomic E-state index is 0.0590. The zero-order chi connectivity index (χ0) is 17.4. The lowest BCUT2D eigenvalue weighted by molar-refractivity contribution is -0.161. The number of rotatable bonds is 7. The second kappa shape index (κ2) is 9.29. The van der Waals surface area contributed by atoms with E-state index in [2.05, 4.69) is 0 Å². The summed E-state index contributed by atoms with van der Waals surface area (Å²) in [7, 11) is 0. The third kappa shape index (κ3) is 5.35. The van der Waals surface area contributed by atoms with Gasteiger partial charge in [0.05, 0.1) is 18.5 Å². The van der Waals surface area contributed by atoms with E-state index in [1.807, 2.05) is 0 Å². The van der Waals surface area contributed by atoms with Gasteiger partial charge in [-0.05, 0) is 19.9 Å². The lowest BCUT2D eigenvalue weighted by atomic mass is 9.98. The highest BCUT2D eigenvalue weighted by atomic mass is 32.2. The molecule has 0 saturated heterocycles. The Morgan fingerprint density at radius 3 is 2.04 bits per heavy atom. The number of esters is 2. The van der Waals surface area contributed by atoms with Crippen molar-refractivity contribution in [1.82, 2.24) is 0 Å². The first-order valence-corrected chi connectivity index (χ1v) is 8.05. The monoisotopic (exact) mass is 342 g/mol. The molecule has 0 amide bonds. The van der Waals surface area contributed by atoms with Crippen molar-refractivity contribution >= 4 is 28.8 Å². The minimum atomic E-state index is -1.42. The molecular weight excluding hydrogens is 323 g/mol. The molecule has 0 radical (unpaired) electrons. The maximum atomic E-state index is 14.1. The molecule has 0 aliphatic heterocycles. The van der Waals surface area contributed by atoms with E-state index in [9.17, 15) is 18.8 Å². The van der Waals surface area contributed by atoms with E-state index in [0.29, 0.717) is 11.8 Å². The summed E-state index contributed by atoms with van der Waals surface area (Å²) in [5.74, 6) is -3.70. The van der Waals surface area contributed by atoms with Gasteiger partial charge in [0, 0.05) is 12.5 Å². The number of hydrogen-bond acceptors (Lipinski definition) is 6. The molecule has 0 aromatic heterocycles. The topological polar surface area (TPSA) is 69.7 Å². The maximum absolute atomic E-state index is 14.1. The predicted molar refractivity (Wildman–Crippen MR) is 84.2 cm³/mol. The van der Waals surface area contributed by atoms with Crippen LogP contribution in [-0.4, -0.2) is 30.3 Å². The molecule has 0 bridgehead atoms. The zero-order valence-corrected chi connectivity index (χ0v) is 14.0. The Balaban J connectivity index is 3.31. The summed E-state index contributed by atoms with van der Waals surface area (Å²) in [5, 5.41) is -1.40. The van der Waals surface area contributed by atoms with Gasteiger partial charge in [0.25, 0.3) is 0 Å². The molecule has 0 saturated carbocycles. The van der Waals surface area contributed by atoms with Crippen LogP contribution in [0.25, 0.3) is 0 Å². The Morgan fingerprint density at radius 2 is 1.61 bits per heavy atom. The van der Waals surface area contributed by atoms with E-state index in [-0.39, 0.29) is 23.9 Å². The van der Waals surface area contributed by atoms with Crippen LogP contribution in [0.4, 0.5) is 4.39 Å². The first kappa shape index (κ1) is 19.2. The summed E-state index contributed by atoms with van der Waals surface area (Å²) >= 11 is 0.703. The Labute approximate surface area is 138 Å². The second-order valence-corrected chi connectivity index (χ2v) is 5.85. The Morgan fingerprint density at radius 1 is 1.09 bits per heavy atom. The van der Waals surface area contributed by atoms with Crippen molar-refractivity contribution in [2.75, 3.05) is 13.2 Å². The molecule has 0 aliphatic carbocycles. The Kier molecular flexibility index (Phi) is 7.74. The van der Waals surface area contributed by atoms with Crippen LogP contribution in [0.3, 0.4) is 0 Å². The molecule has 0 N–H and O–H groups in total. The minimum Gasteiger partial charge on any atom is -0.465 e. The normalized spacial score (nSPS) is 11.9. The number of halogens is 1. The van der Waals surface area contributed by atoms with Gasteiger partial charge in [0.2, 0.25) is 0 Å². The molecule has 0 unspecified atom stereocenters. The summed E-state index contributed by atoms with van der Waals surface area (Å²) in [4.78, 5) is 35.9. The highest BCUT2D eigenvalue weighted by molar-refractivity contribution is 8.13. The fourth-order valence-corrected chi connectivity index (χ4v) is 3.04. The molecule has 1 aromatic rings. The van der Waals surface area contributed by atoms with Gasteiger partial charge in [-0.15, -0.1) is 0 Å². The zero-order valence-electron chi connectivity index (χ0n) is 13.2. The highest BCUT2D eigenvalue weighted by Crippen LogP contribution is 2.39. The summed E-state index contributed by atoms with van der Waals surface area (Å²) in [6.07, 6.45) is 0. The van der Waals surface area contributed by atoms with Crippen molar-refractivity contribution in [1.29, 1.82) is 0 Å². The van der Waals surface area contributed by atoms with Crippen molar-refractivity contribution in [3.63, 3.8) is 0 Å². The number of benzene rings is 1.